The molecule has 2 fully saturated rings. The molecule has 0 radical (unpaired) electrons. The van der Waals surface area contributed by atoms with Gasteiger partial charge in [-0.1, -0.05) is 15.9 Å². The van der Waals surface area contributed by atoms with E-state index in [-0.39, 0.29) is 18.1 Å². The Hall–Kier alpha value is -0.870. The zero-order chi connectivity index (χ0) is 12.5. The summed E-state index contributed by atoms with van der Waals surface area (Å²) in [4.78, 5) is 14.5. The number of carbonyl (C=O) groups is 1. The fourth-order valence-corrected chi connectivity index (χ4v) is 3.20. The van der Waals surface area contributed by atoms with Crippen molar-refractivity contribution in [3.8, 4) is 0 Å². The van der Waals surface area contributed by atoms with Gasteiger partial charge in [0, 0.05) is 16.6 Å². The smallest absolute Gasteiger partial charge is 0.254 e. The van der Waals surface area contributed by atoms with Crippen molar-refractivity contribution in [2.24, 2.45) is 0 Å². The van der Waals surface area contributed by atoms with Gasteiger partial charge in [0.15, 0.2) is 0 Å². The number of morpholine rings is 1. The van der Waals surface area contributed by atoms with Crippen LogP contribution in [0.2, 0.25) is 0 Å². The van der Waals surface area contributed by atoms with E-state index < -0.39 is 0 Å². The summed E-state index contributed by atoms with van der Waals surface area (Å²) >= 11 is 3.39. The summed E-state index contributed by atoms with van der Waals surface area (Å²) in [7, 11) is 0. The van der Waals surface area contributed by atoms with Gasteiger partial charge in [0.1, 0.15) is 0 Å². The molecule has 1 amide bonds. The second kappa shape index (κ2) is 5.02. The molecule has 2 unspecified atom stereocenters. The van der Waals surface area contributed by atoms with Crippen LogP contribution in [0.5, 0.6) is 0 Å². The quantitative estimate of drug-likeness (QED) is 0.798. The van der Waals surface area contributed by atoms with Gasteiger partial charge in [0.05, 0.1) is 18.8 Å². The molecule has 2 aliphatic rings. The molecule has 1 aliphatic heterocycles. The standard InChI is InChI=1S/C14H16BrNO2/c15-11-6-4-10(5-7-11)14(17)16-8-9-18-13-3-1-2-12(13)16/h4-7,12-13H,1-3,8-9H2. The summed E-state index contributed by atoms with van der Waals surface area (Å²) in [5, 5.41) is 0. The van der Waals surface area contributed by atoms with Crippen LogP contribution in [0.25, 0.3) is 0 Å². The normalized spacial score (nSPS) is 27.1. The summed E-state index contributed by atoms with van der Waals surface area (Å²) < 4.78 is 6.74. The predicted molar refractivity (Wildman–Crippen MR) is 72.6 cm³/mol. The van der Waals surface area contributed by atoms with E-state index in [1.54, 1.807) is 0 Å². The highest BCUT2D eigenvalue weighted by Crippen LogP contribution is 2.30. The first-order chi connectivity index (χ1) is 8.75. The highest BCUT2D eigenvalue weighted by molar-refractivity contribution is 9.10. The molecule has 3 nitrogen and oxygen atoms in total. The van der Waals surface area contributed by atoms with Crippen LogP contribution in [0.4, 0.5) is 0 Å². The average molecular weight is 310 g/mol. The van der Waals surface area contributed by atoms with Crippen molar-refractivity contribution in [3.05, 3.63) is 34.3 Å². The Morgan fingerprint density at radius 1 is 1.28 bits per heavy atom. The third kappa shape index (κ3) is 2.19. The van der Waals surface area contributed by atoms with Gasteiger partial charge in [0.2, 0.25) is 0 Å². The lowest BCUT2D eigenvalue weighted by Gasteiger charge is -2.37. The molecular formula is C14H16BrNO2. The van der Waals surface area contributed by atoms with E-state index >= 15 is 0 Å². The predicted octanol–water partition coefficient (Wildman–Crippen LogP) is 2.84. The van der Waals surface area contributed by atoms with Crippen molar-refractivity contribution in [3.63, 3.8) is 0 Å². The number of amides is 1. The van der Waals surface area contributed by atoms with Gasteiger partial charge in [-0.25, -0.2) is 0 Å². The molecule has 1 heterocycles. The second-order valence-corrected chi connectivity index (χ2v) is 5.83. The zero-order valence-corrected chi connectivity index (χ0v) is 11.7. The molecule has 4 heteroatoms. The van der Waals surface area contributed by atoms with E-state index in [0.717, 1.165) is 29.4 Å². The molecule has 1 saturated carbocycles. The number of hydrogen-bond acceptors (Lipinski definition) is 2. The SMILES string of the molecule is O=C(c1ccc(Br)cc1)N1CCOC2CCCC21. The number of ether oxygens (including phenoxy) is 1. The molecule has 1 saturated heterocycles. The van der Waals surface area contributed by atoms with Crippen LogP contribution in [0, 0.1) is 0 Å². The van der Waals surface area contributed by atoms with E-state index in [2.05, 4.69) is 15.9 Å². The first kappa shape index (κ1) is 12.2. The van der Waals surface area contributed by atoms with Crippen LogP contribution in [-0.4, -0.2) is 36.1 Å². The van der Waals surface area contributed by atoms with Crippen LogP contribution < -0.4 is 0 Å². The Bertz CT molecular complexity index is 446. The first-order valence-electron chi connectivity index (χ1n) is 6.44. The summed E-state index contributed by atoms with van der Waals surface area (Å²) in [5.74, 6) is 0.141. The van der Waals surface area contributed by atoms with Crippen molar-refractivity contribution in [1.29, 1.82) is 0 Å². The molecule has 1 aromatic rings. The largest absolute Gasteiger partial charge is 0.374 e. The fraction of sp³-hybridized carbons (Fsp3) is 0.500. The van der Waals surface area contributed by atoms with Gasteiger partial charge in [-0.3, -0.25) is 4.79 Å². The molecule has 3 rings (SSSR count). The minimum absolute atomic E-state index is 0.141. The van der Waals surface area contributed by atoms with Crippen LogP contribution in [0.1, 0.15) is 29.6 Å². The molecular weight excluding hydrogens is 294 g/mol. The number of benzene rings is 1. The molecule has 0 N–H and O–H groups in total. The summed E-state index contributed by atoms with van der Waals surface area (Å²) in [6.45, 7) is 1.39. The van der Waals surface area contributed by atoms with Crippen molar-refractivity contribution in [1.82, 2.24) is 4.90 Å². The minimum atomic E-state index is 0.141. The van der Waals surface area contributed by atoms with E-state index in [9.17, 15) is 4.79 Å². The van der Waals surface area contributed by atoms with Crippen molar-refractivity contribution in [2.75, 3.05) is 13.2 Å². The molecule has 18 heavy (non-hydrogen) atoms. The van der Waals surface area contributed by atoms with Crippen LogP contribution in [-0.2, 0) is 4.74 Å². The lowest BCUT2D eigenvalue weighted by molar-refractivity contribution is -0.0445. The number of fused-ring (bicyclic) bond motifs is 1. The monoisotopic (exact) mass is 309 g/mol. The fourth-order valence-electron chi connectivity index (χ4n) is 2.94. The average Bonchev–Trinajstić information content (AvgIpc) is 2.87. The molecule has 0 bridgehead atoms. The third-order valence-corrected chi connectivity index (χ3v) is 4.36. The Morgan fingerprint density at radius 2 is 2.06 bits per heavy atom. The summed E-state index contributed by atoms with van der Waals surface area (Å²) in [5.41, 5.74) is 0.769. The van der Waals surface area contributed by atoms with Crippen LogP contribution >= 0.6 is 15.9 Å². The number of halogens is 1. The second-order valence-electron chi connectivity index (χ2n) is 4.91. The maximum Gasteiger partial charge on any atom is 0.254 e. The number of rotatable bonds is 1. The lowest BCUT2D eigenvalue weighted by atomic mass is 10.1. The van der Waals surface area contributed by atoms with E-state index in [0.29, 0.717) is 6.61 Å². The van der Waals surface area contributed by atoms with Crippen molar-refractivity contribution < 1.29 is 9.53 Å². The van der Waals surface area contributed by atoms with E-state index in [1.165, 1.54) is 6.42 Å². The van der Waals surface area contributed by atoms with Crippen LogP contribution in [0.15, 0.2) is 28.7 Å². The van der Waals surface area contributed by atoms with Gasteiger partial charge in [-0.2, -0.15) is 0 Å². The number of nitrogens with zero attached hydrogens (tertiary/aromatic N) is 1. The van der Waals surface area contributed by atoms with Crippen molar-refractivity contribution in [2.45, 2.75) is 31.4 Å². The molecule has 1 aromatic carbocycles. The Labute approximate surface area is 115 Å². The Balaban J connectivity index is 1.81. The lowest BCUT2D eigenvalue weighted by Crippen LogP contribution is -2.51. The molecule has 2 atom stereocenters. The van der Waals surface area contributed by atoms with Gasteiger partial charge in [-0.05, 0) is 43.5 Å². The topological polar surface area (TPSA) is 29.5 Å². The highest BCUT2D eigenvalue weighted by atomic mass is 79.9. The Kier molecular flexibility index (Phi) is 3.39. The highest BCUT2D eigenvalue weighted by Gasteiger charge is 2.38. The number of hydrogen-bond donors (Lipinski definition) is 0. The van der Waals surface area contributed by atoms with Gasteiger partial charge >= 0.3 is 0 Å². The third-order valence-electron chi connectivity index (χ3n) is 3.83. The van der Waals surface area contributed by atoms with E-state index in [4.69, 9.17) is 4.74 Å². The zero-order valence-electron chi connectivity index (χ0n) is 10.1. The van der Waals surface area contributed by atoms with Crippen molar-refractivity contribution >= 4 is 21.8 Å². The molecule has 96 valence electrons. The minimum Gasteiger partial charge on any atom is -0.374 e. The number of carbonyl (C=O) groups excluding carboxylic acids is 1. The van der Waals surface area contributed by atoms with E-state index in [1.807, 2.05) is 29.2 Å². The summed E-state index contributed by atoms with van der Waals surface area (Å²) in [6.07, 6.45) is 3.60. The van der Waals surface area contributed by atoms with Gasteiger partial charge in [0.25, 0.3) is 5.91 Å². The Morgan fingerprint density at radius 3 is 2.83 bits per heavy atom. The van der Waals surface area contributed by atoms with Gasteiger partial charge in [-0.15, -0.1) is 0 Å². The maximum atomic E-state index is 12.5. The van der Waals surface area contributed by atoms with Gasteiger partial charge < -0.3 is 9.64 Å². The maximum absolute atomic E-state index is 12.5. The van der Waals surface area contributed by atoms with Crippen LogP contribution in [0.3, 0.4) is 0 Å². The molecule has 0 aromatic heterocycles. The summed E-state index contributed by atoms with van der Waals surface area (Å²) in [6, 6.07) is 7.88. The first-order valence-corrected chi connectivity index (χ1v) is 7.23. The molecule has 0 spiro atoms. The molecule has 1 aliphatic carbocycles.